The number of nitrogens with one attached hydrogen (secondary N) is 2. The third kappa shape index (κ3) is 3.04. The van der Waals surface area contributed by atoms with Crippen LogP contribution in [0.25, 0.3) is 0 Å². The molecule has 0 bridgehead atoms. The first kappa shape index (κ1) is 13.8. The van der Waals surface area contributed by atoms with E-state index in [0.29, 0.717) is 5.95 Å². The van der Waals surface area contributed by atoms with Crippen LogP contribution >= 0.6 is 0 Å². The summed E-state index contributed by atoms with van der Waals surface area (Å²) in [5, 5.41) is 9.49. The normalized spacial score (nSPS) is 24.2. The van der Waals surface area contributed by atoms with Gasteiger partial charge in [0.15, 0.2) is 0 Å². The maximum absolute atomic E-state index is 12.0. The zero-order chi connectivity index (χ0) is 14.3. The van der Waals surface area contributed by atoms with Crippen LogP contribution in [-0.4, -0.2) is 38.0 Å². The Kier molecular flexibility index (Phi) is 3.25. The molecule has 106 valence electrons. The maximum atomic E-state index is 12.0. The van der Waals surface area contributed by atoms with Crippen LogP contribution in [0.2, 0.25) is 0 Å². The molecule has 0 aliphatic carbocycles. The number of anilines is 1. The van der Waals surface area contributed by atoms with Gasteiger partial charge in [-0.1, -0.05) is 0 Å². The molecule has 2 amide bonds. The highest BCUT2D eigenvalue weighted by Gasteiger charge is 2.46. The number of urea groups is 1. The largest absolute Gasteiger partial charge is 0.367 e. The Morgan fingerprint density at radius 3 is 2.63 bits per heavy atom. The first-order valence-electron chi connectivity index (χ1n) is 6.31. The third-order valence-corrected chi connectivity index (χ3v) is 3.32. The molecule has 19 heavy (non-hydrogen) atoms. The molecule has 1 fully saturated rings. The van der Waals surface area contributed by atoms with Gasteiger partial charge in [0.1, 0.15) is 6.33 Å². The zero-order valence-corrected chi connectivity index (χ0v) is 12.0. The summed E-state index contributed by atoms with van der Waals surface area (Å²) in [6, 6.07) is -0.341. The van der Waals surface area contributed by atoms with Gasteiger partial charge in [-0.15, -0.1) is 0 Å². The van der Waals surface area contributed by atoms with Crippen molar-refractivity contribution in [1.82, 2.24) is 20.1 Å². The number of rotatable bonds is 2. The smallest absolute Gasteiger partial charge is 0.321 e. The van der Waals surface area contributed by atoms with E-state index in [0.717, 1.165) is 6.42 Å². The van der Waals surface area contributed by atoms with E-state index in [-0.39, 0.29) is 23.3 Å². The molecule has 1 aliphatic heterocycles. The number of ether oxygens (including phenoxy) is 1. The molecule has 1 atom stereocenters. The predicted molar refractivity (Wildman–Crippen MR) is 70.8 cm³/mol. The summed E-state index contributed by atoms with van der Waals surface area (Å²) in [6.45, 7) is 8.01. The quantitative estimate of drug-likeness (QED) is 0.846. The number of nitrogens with zero attached hydrogens (tertiary/aromatic N) is 3. The lowest BCUT2D eigenvalue weighted by Gasteiger charge is -2.27. The van der Waals surface area contributed by atoms with E-state index in [9.17, 15) is 4.79 Å². The number of aromatic nitrogens is 3. The minimum atomic E-state index is -0.388. The van der Waals surface area contributed by atoms with Gasteiger partial charge in [-0.2, -0.15) is 10.1 Å². The SMILES string of the molecule is Cn1ncnc1NC(=O)NC1CC(C)(C)OC1(C)C. The van der Waals surface area contributed by atoms with Gasteiger partial charge in [0.05, 0.1) is 17.2 Å². The van der Waals surface area contributed by atoms with Gasteiger partial charge in [-0.3, -0.25) is 5.32 Å². The second kappa shape index (κ2) is 4.48. The van der Waals surface area contributed by atoms with Crippen molar-refractivity contribution < 1.29 is 9.53 Å². The van der Waals surface area contributed by atoms with Crippen LogP contribution in [0.3, 0.4) is 0 Å². The molecular formula is C12H21N5O2. The van der Waals surface area contributed by atoms with Gasteiger partial charge >= 0.3 is 6.03 Å². The Morgan fingerprint density at radius 2 is 2.16 bits per heavy atom. The van der Waals surface area contributed by atoms with Crippen molar-refractivity contribution in [2.24, 2.45) is 7.05 Å². The van der Waals surface area contributed by atoms with Crippen LogP contribution in [0.15, 0.2) is 6.33 Å². The zero-order valence-electron chi connectivity index (χ0n) is 12.0. The van der Waals surface area contributed by atoms with Crippen LogP contribution < -0.4 is 10.6 Å². The van der Waals surface area contributed by atoms with Crippen molar-refractivity contribution in [3.8, 4) is 0 Å². The fourth-order valence-corrected chi connectivity index (χ4v) is 2.49. The minimum absolute atomic E-state index is 0.0456. The van der Waals surface area contributed by atoms with E-state index in [1.54, 1.807) is 7.05 Å². The molecular weight excluding hydrogens is 246 g/mol. The molecule has 1 aromatic heterocycles. The molecule has 2 N–H and O–H groups in total. The summed E-state index contributed by atoms with van der Waals surface area (Å²) in [7, 11) is 1.72. The van der Waals surface area contributed by atoms with Crippen molar-refractivity contribution in [2.75, 3.05) is 5.32 Å². The number of hydrogen-bond acceptors (Lipinski definition) is 4. The molecule has 2 rings (SSSR count). The van der Waals surface area contributed by atoms with Gasteiger partial charge in [0.25, 0.3) is 0 Å². The van der Waals surface area contributed by atoms with Gasteiger partial charge in [-0.25, -0.2) is 9.48 Å². The van der Waals surface area contributed by atoms with Crippen molar-refractivity contribution in [2.45, 2.75) is 51.4 Å². The number of carbonyl (C=O) groups excluding carboxylic acids is 1. The first-order chi connectivity index (χ1) is 8.70. The first-order valence-corrected chi connectivity index (χ1v) is 6.31. The summed E-state index contributed by atoms with van der Waals surface area (Å²) < 4.78 is 7.43. The summed E-state index contributed by atoms with van der Waals surface area (Å²) >= 11 is 0. The van der Waals surface area contributed by atoms with Crippen LogP contribution in [0.1, 0.15) is 34.1 Å². The van der Waals surface area contributed by atoms with Crippen molar-refractivity contribution in [1.29, 1.82) is 0 Å². The van der Waals surface area contributed by atoms with E-state index >= 15 is 0 Å². The van der Waals surface area contributed by atoms with Crippen LogP contribution in [0, 0.1) is 0 Å². The Bertz CT molecular complexity index is 480. The molecule has 0 aromatic carbocycles. The number of hydrogen-bond donors (Lipinski definition) is 2. The van der Waals surface area contributed by atoms with Crippen molar-refractivity contribution >= 4 is 12.0 Å². The standard InChI is InChI=1S/C12H21N5O2/c1-11(2)6-8(12(3,4)19-11)15-10(18)16-9-13-7-14-17(9)5/h7-8H,6H2,1-5H3,(H2,13,14,15,16,18). The molecule has 1 aromatic rings. The number of carbonyl (C=O) groups is 1. The van der Waals surface area contributed by atoms with E-state index in [1.807, 2.05) is 27.7 Å². The summed E-state index contributed by atoms with van der Waals surface area (Å²) in [6.07, 6.45) is 2.16. The molecule has 2 heterocycles. The fraction of sp³-hybridized carbons (Fsp3) is 0.750. The average molecular weight is 267 g/mol. The lowest BCUT2D eigenvalue weighted by Crippen LogP contribution is -2.47. The minimum Gasteiger partial charge on any atom is -0.367 e. The van der Waals surface area contributed by atoms with Gasteiger partial charge in [0.2, 0.25) is 5.95 Å². The maximum Gasteiger partial charge on any atom is 0.321 e. The molecule has 1 saturated heterocycles. The lowest BCUT2D eigenvalue weighted by molar-refractivity contribution is -0.0689. The highest BCUT2D eigenvalue weighted by atomic mass is 16.5. The van der Waals surface area contributed by atoms with Crippen molar-refractivity contribution in [3.63, 3.8) is 0 Å². The molecule has 0 spiro atoms. The second-order valence-corrected chi connectivity index (χ2v) is 6.03. The molecule has 0 radical (unpaired) electrons. The lowest BCUT2D eigenvalue weighted by atomic mass is 9.95. The summed E-state index contributed by atoms with van der Waals surface area (Å²) in [5.74, 6) is 0.411. The Balaban J connectivity index is 1.98. The van der Waals surface area contributed by atoms with E-state index < -0.39 is 0 Å². The van der Waals surface area contributed by atoms with Gasteiger partial charge < -0.3 is 10.1 Å². The van der Waals surface area contributed by atoms with Crippen molar-refractivity contribution in [3.05, 3.63) is 6.33 Å². The highest BCUT2D eigenvalue weighted by molar-refractivity contribution is 5.87. The molecule has 0 saturated carbocycles. The van der Waals surface area contributed by atoms with E-state index in [2.05, 4.69) is 20.7 Å². The summed E-state index contributed by atoms with van der Waals surface area (Å²) in [5.41, 5.74) is -0.618. The number of amides is 2. The molecule has 7 nitrogen and oxygen atoms in total. The number of aryl methyl sites for hydroxylation is 1. The van der Waals surface area contributed by atoms with E-state index in [4.69, 9.17) is 4.74 Å². The Hall–Kier alpha value is -1.63. The van der Waals surface area contributed by atoms with Gasteiger partial charge in [-0.05, 0) is 34.1 Å². The average Bonchev–Trinajstić information content (AvgIpc) is 2.69. The van der Waals surface area contributed by atoms with E-state index in [1.165, 1.54) is 11.0 Å². The predicted octanol–water partition coefficient (Wildman–Crippen LogP) is 1.28. The van der Waals surface area contributed by atoms with Gasteiger partial charge in [0, 0.05) is 7.05 Å². The Labute approximate surface area is 112 Å². The topological polar surface area (TPSA) is 81.1 Å². The molecule has 1 unspecified atom stereocenters. The Morgan fingerprint density at radius 1 is 1.47 bits per heavy atom. The third-order valence-electron chi connectivity index (χ3n) is 3.32. The van der Waals surface area contributed by atoms with Crippen LogP contribution in [0.4, 0.5) is 10.7 Å². The molecule has 7 heteroatoms. The summed E-state index contributed by atoms with van der Waals surface area (Å²) in [4.78, 5) is 15.9. The second-order valence-electron chi connectivity index (χ2n) is 6.03. The fourth-order valence-electron chi connectivity index (χ4n) is 2.49. The monoisotopic (exact) mass is 267 g/mol. The highest BCUT2D eigenvalue weighted by Crippen LogP contribution is 2.37. The van der Waals surface area contributed by atoms with Crippen LogP contribution in [0.5, 0.6) is 0 Å². The van der Waals surface area contributed by atoms with Crippen LogP contribution in [-0.2, 0) is 11.8 Å². The molecule has 1 aliphatic rings.